The molecule has 1 heterocycles. The van der Waals surface area contributed by atoms with Gasteiger partial charge in [0, 0.05) is 25.0 Å². The first-order chi connectivity index (χ1) is 9.83. The van der Waals surface area contributed by atoms with E-state index in [1.54, 1.807) is 37.2 Å². The number of hydrogen-bond acceptors (Lipinski definition) is 4. The Morgan fingerprint density at radius 2 is 1.95 bits per heavy atom. The Balaban J connectivity index is 2.38. The molecular weight excluding hydrogens is 311 g/mol. The molecule has 1 N–H and O–H groups in total. The normalized spacial score (nSPS) is 11.4. The number of nitrogens with one attached hydrogen (secondary N) is 1. The van der Waals surface area contributed by atoms with Gasteiger partial charge in [0.05, 0.1) is 11.4 Å². The summed E-state index contributed by atoms with van der Waals surface area (Å²) < 4.78 is 40.8. The lowest BCUT2D eigenvalue weighted by Gasteiger charge is -2.18. The Bertz CT molecular complexity index is 739. The van der Waals surface area contributed by atoms with Crippen LogP contribution in [0.5, 0.6) is 0 Å². The van der Waals surface area contributed by atoms with E-state index in [2.05, 4.69) is 4.72 Å². The van der Waals surface area contributed by atoms with Crippen LogP contribution in [0, 0.1) is 5.82 Å². The van der Waals surface area contributed by atoms with Crippen LogP contribution in [0.2, 0.25) is 0 Å². The zero-order chi connectivity index (χ0) is 15.6. The third-order valence-corrected chi connectivity index (χ3v) is 6.02. The first-order valence-electron chi connectivity index (χ1n) is 6.42. The maximum atomic E-state index is 13.4. The van der Waals surface area contributed by atoms with Crippen LogP contribution in [0.3, 0.4) is 0 Å². The predicted octanol–water partition coefficient (Wildman–Crippen LogP) is 3.32. The molecule has 4 nitrogen and oxygen atoms in total. The molecule has 7 heteroatoms. The number of aryl methyl sites for hydroxylation is 1. The van der Waals surface area contributed by atoms with Gasteiger partial charge in [0.25, 0.3) is 10.0 Å². The summed E-state index contributed by atoms with van der Waals surface area (Å²) in [6.07, 6.45) is 0.781. The second-order valence-electron chi connectivity index (χ2n) is 4.74. The van der Waals surface area contributed by atoms with Gasteiger partial charge in [-0.2, -0.15) is 0 Å². The van der Waals surface area contributed by atoms with Gasteiger partial charge in [-0.25, -0.2) is 12.8 Å². The van der Waals surface area contributed by atoms with E-state index in [9.17, 15) is 12.8 Å². The van der Waals surface area contributed by atoms with Crippen molar-refractivity contribution in [3.05, 3.63) is 41.0 Å². The van der Waals surface area contributed by atoms with Crippen LogP contribution >= 0.6 is 11.3 Å². The van der Waals surface area contributed by atoms with Crippen molar-refractivity contribution < 1.29 is 12.8 Å². The van der Waals surface area contributed by atoms with E-state index in [4.69, 9.17) is 0 Å². The zero-order valence-corrected chi connectivity index (χ0v) is 13.7. The summed E-state index contributed by atoms with van der Waals surface area (Å²) in [5.41, 5.74) is 0.832. The maximum absolute atomic E-state index is 13.4. The number of nitrogens with zero attached hydrogens (tertiary/aromatic N) is 1. The van der Waals surface area contributed by atoms with E-state index in [0.29, 0.717) is 5.69 Å². The summed E-state index contributed by atoms with van der Waals surface area (Å²) in [4.78, 5) is 2.71. The number of rotatable bonds is 5. The van der Waals surface area contributed by atoms with Gasteiger partial charge in [0.2, 0.25) is 0 Å². The summed E-state index contributed by atoms with van der Waals surface area (Å²) in [5.74, 6) is -0.487. The summed E-state index contributed by atoms with van der Waals surface area (Å²) >= 11 is 1.22. The van der Waals surface area contributed by atoms with E-state index < -0.39 is 15.8 Å². The van der Waals surface area contributed by atoms with Crippen molar-refractivity contribution in [2.24, 2.45) is 0 Å². The maximum Gasteiger partial charge on any atom is 0.271 e. The van der Waals surface area contributed by atoms with Gasteiger partial charge in [-0.3, -0.25) is 4.72 Å². The van der Waals surface area contributed by atoms with Crippen molar-refractivity contribution in [3.63, 3.8) is 0 Å². The van der Waals surface area contributed by atoms with Crippen LogP contribution in [0.1, 0.15) is 11.8 Å². The van der Waals surface area contributed by atoms with Gasteiger partial charge in [-0.1, -0.05) is 6.92 Å². The van der Waals surface area contributed by atoms with E-state index >= 15 is 0 Å². The highest BCUT2D eigenvalue weighted by Crippen LogP contribution is 2.29. The number of thiophene rings is 1. The van der Waals surface area contributed by atoms with Gasteiger partial charge in [-0.05, 0) is 30.7 Å². The molecule has 0 bridgehead atoms. The standard InChI is InChI=1S/C14H17FN2O2S2/c1-4-11-6-8-14(20-11)21(18,19)16-12-9-10(15)5-7-13(12)17(2)3/h5-9,16H,4H2,1-3H3. The molecule has 1 aromatic carbocycles. The molecule has 0 saturated heterocycles. The summed E-state index contributed by atoms with van der Waals surface area (Å²) in [6, 6.07) is 7.38. The lowest BCUT2D eigenvalue weighted by molar-refractivity contribution is 0.603. The van der Waals surface area contributed by atoms with Gasteiger partial charge in [0.1, 0.15) is 10.0 Å². The lowest BCUT2D eigenvalue weighted by atomic mass is 10.2. The Labute approximate surface area is 128 Å². The summed E-state index contributed by atoms with van der Waals surface area (Å²) in [7, 11) is -0.162. The highest BCUT2D eigenvalue weighted by molar-refractivity contribution is 7.94. The third kappa shape index (κ3) is 3.54. The molecule has 0 aliphatic carbocycles. The van der Waals surface area contributed by atoms with E-state index in [-0.39, 0.29) is 9.90 Å². The summed E-state index contributed by atoms with van der Waals surface area (Å²) in [6.45, 7) is 1.96. The van der Waals surface area contributed by atoms with Crippen LogP contribution in [0.25, 0.3) is 0 Å². The van der Waals surface area contributed by atoms with Crippen LogP contribution in [-0.4, -0.2) is 22.5 Å². The molecule has 0 radical (unpaired) electrons. The molecule has 0 saturated carbocycles. The van der Waals surface area contributed by atoms with E-state index in [0.717, 1.165) is 11.3 Å². The van der Waals surface area contributed by atoms with E-state index in [1.807, 2.05) is 6.92 Å². The van der Waals surface area contributed by atoms with Crippen molar-refractivity contribution in [1.82, 2.24) is 0 Å². The second-order valence-corrected chi connectivity index (χ2v) is 7.81. The van der Waals surface area contributed by atoms with Crippen LogP contribution in [0.15, 0.2) is 34.5 Å². The minimum Gasteiger partial charge on any atom is -0.376 e. The molecule has 0 fully saturated rings. The first-order valence-corrected chi connectivity index (χ1v) is 8.72. The Morgan fingerprint density at radius 3 is 2.52 bits per heavy atom. The SMILES string of the molecule is CCc1ccc(S(=O)(=O)Nc2cc(F)ccc2N(C)C)s1. The molecule has 1 aromatic heterocycles. The zero-order valence-electron chi connectivity index (χ0n) is 12.1. The Hall–Kier alpha value is -1.60. The largest absolute Gasteiger partial charge is 0.376 e. The number of halogens is 1. The molecule has 0 spiro atoms. The molecule has 2 aromatic rings. The first kappa shape index (κ1) is 15.8. The predicted molar refractivity (Wildman–Crippen MR) is 85.2 cm³/mol. The number of benzene rings is 1. The fraction of sp³-hybridized carbons (Fsp3) is 0.286. The lowest BCUT2D eigenvalue weighted by Crippen LogP contribution is -2.16. The topological polar surface area (TPSA) is 49.4 Å². The van der Waals surface area contributed by atoms with Crippen LogP contribution in [0.4, 0.5) is 15.8 Å². The van der Waals surface area contributed by atoms with Crippen molar-refractivity contribution in [2.45, 2.75) is 17.6 Å². The molecule has 0 amide bonds. The second kappa shape index (κ2) is 6.03. The Morgan fingerprint density at radius 1 is 1.24 bits per heavy atom. The monoisotopic (exact) mass is 328 g/mol. The number of hydrogen-bond donors (Lipinski definition) is 1. The smallest absolute Gasteiger partial charge is 0.271 e. The van der Waals surface area contributed by atoms with Crippen molar-refractivity contribution in [1.29, 1.82) is 0 Å². The van der Waals surface area contributed by atoms with Crippen molar-refractivity contribution in [3.8, 4) is 0 Å². The Kier molecular flexibility index (Phi) is 4.53. The highest BCUT2D eigenvalue weighted by Gasteiger charge is 2.19. The van der Waals surface area contributed by atoms with Gasteiger partial charge in [-0.15, -0.1) is 11.3 Å². The molecule has 0 unspecified atom stereocenters. The van der Waals surface area contributed by atoms with Crippen LogP contribution < -0.4 is 9.62 Å². The molecule has 0 aliphatic heterocycles. The van der Waals surface area contributed by atoms with Gasteiger partial charge in [0.15, 0.2) is 0 Å². The molecule has 21 heavy (non-hydrogen) atoms. The third-order valence-electron chi connectivity index (χ3n) is 2.94. The average Bonchev–Trinajstić information content (AvgIpc) is 2.87. The highest BCUT2D eigenvalue weighted by atomic mass is 32.2. The van der Waals surface area contributed by atoms with Crippen molar-refractivity contribution in [2.75, 3.05) is 23.7 Å². The average molecular weight is 328 g/mol. The number of anilines is 2. The molecule has 0 atom stereocenters. The van der Waals surface area contributed by atoms with Crippen molar-refractivity contribution >= 4 is 32.7 Å². The fourth-order valence-corrected chi connectivity index (χ4v) is 4.23. The van der Waals surface area contributed by atoms with Gasteiger partial charge < -0.3 is 4.90 Å². The molecule has 114 valence electrons. The molecular formula is C14H17FN2O2S2. The molecule has 2 rings (SSSR count). The quantitative estimate of drug-likeness (QED) is 0.916. The van der Waals surface area contributed by atoms with Crippen LogP contribution in [-0.2, 0) is 16.4 Å². The fourth-order valence-electron chi connectivity index (χ4n) is 1.87. The minimum absolute atomic E-state index is 0.228. The minimum atomic E-state index is -3.70. The summed E-state index contributed by atoms with van der Waals surface area (Å²) in [5, 5.41) is 0. The van der Waals surface area contributed by atoms with Gasteiger partial charge >= 0.3 is 0 Å². The van der Waals surface area contributed by atoms with E-state index in [1.165, 1.54) is 23.5 Å². The number of sulfonamides is 1. The molecule has 0 aliphatic rings.